The molecule has 2 aliphatic heterocycles. The Labute approximate surface area is 171 Å². The summed E-state index contributed by atoms with van der Waals surface area (Å²) in [6, 6.07) is 16.0. The van der Waals surface area contributed by atoms with Crippen molar-refractivity contribution in [2.45, 2.75) is 6.67 Å². The molecule has 0 unspecified atom stereocenters. The third-order valence-corrected chi connectivity index (χ3v) is 4.85. The summed E-state index contributed by atoms with van der Waals surface area (Å²) in [6.07, 6.45) is 3.86. The number of ether oxygens (including phenoxy) is 1. The van der Waals surface area contributed by atoms with Gasteiger partial charge in [0.2, 0.25) is 0 Å². The first-order chi connectivity index (χ1) is 14.7. The molecule has 5 rings (SSSR count). The SMILES string of the molecule is OCCOc1ccc(F)c(-c2cc3cn(Cn4nnc5ccccc54)ccc-3n2)c1. The van der Waals surface area contributed by atoms with Crippen LogP contribution in [0.25, 0.3) is 33.5 Å². The van der Waals surface area contributed by atoms with Crippen molar-refractivity contribution < 1.29 is 14.2 Å². The highest BCUT2D eigenvalue weighted by atomic mass is 19.1. The maximum atomic E-state index is 14.4. The van der Waals surface area contributed by atoms with Gasteiger partial charge in [-0.05, 0) is 42.5 Å². The zero-order valence-electron chi connectivity index (χ0n) is 15.9. The lowest BCUT2D eigenvalue weighted by molar-refractivity contribution is 0.201. The fourth-order valence-corrected chi connectivity index (χ4v) is 3.43. The molecular weight excluding hydrogens is 385 g/mol. The third-order valence-electron chi connectivity index (χ3n) is 4.85. The van der Waals surface area contributed by atoms with E-state index in [0.717, 1.165) is 22.3 Å². The van der Waals surface area contributed by atoms with Crippen LogP contribution in [0.4, 0.5) is 4.39 Å². The van der Waals surface area contributed by atoms with Gasteiger partial charge in [0.15, 0.2) is 0 Å². The summed E-state index contributed by atoms with van der Waals surface area (Å²) in [5.74, 6) is 0.108. The Morgan fingerprint density at radius 2 is 1.93 bits per heavy atom. The van der Waals surface area contributed by atoms with Gasteiger partial charge in [-0.1, -0.05) is 17.3 Å². The van der Waals surface area contributed by atoms with E-state index < -0.39 is 0 Å². The maximum absolute atomic E-state index is 14.4. The second kappa shape index (κ2) is 7.57. The monoisotopic (exact) mass is 403 g/mol. The van der Waals surface area contributed by atoms with Gasteiger partial charge in [0.05, 0.1) is 23.5 Å². The molecule has 0 amide bonds. The second-order valence-electron chi connectivity index (χ2n) is 6.87. The molecule has 2 aromatic carbocycles. The van der Waals surface area contributed by atoms with E-state index in [1.807, 2.05) is 58.0 Å². The van der Waals surface area contributed by atoms with Crippen molar-refractivity contribution in [2.24, 2.45) is 0 Å². The van der Waals surface area contributed by atoms with Gasteiger partial charge in [-0.15, -0.1) is 5.10 Å². The first-order valence-electron chi connectivity index (χ1n) is 9.49. The summed E-state index contributed by atoms with van der Waals surface area (Å²) in [5, 5.41) is 17.3. The normalized spacial score (nSPS) is 11.4. The molecule has 3 heterocycles. The van der Waals surface area contributed by atoms with Crippen molar-refractivity contribution >= 4 is 11.0 Å². The van der Waals surface area contributed by atoms with Gasteiger partial charge in [0.1, 0.15) is 30.4 Å². The number of rotatable bonds is 6. The molecule has 30 heavy (non-hydrogen) atoms. The molecule has 0 atom stereocenters. The quantitative estimate of drug-likeness (QED) is 0.470. The Morgan fingerprint density at radius 1 is 1.03 bits per heavy atom. The third kappa shape index (κ3) is 3.37. The van der Waals surface area contributed by atoms with Crippen molar-refractivity contribution in [3.63, 3.8) is 0 Å². The molecule has 1 aromatic heterocycles. The number of halogens is 1. The number of para-hydroxylation sites is 1. The minimum absolute atomic E-state index is 0.105. The Hall–Kier alpha value is -3.78. The van der Waals surface area contributed by atoms with E-state index in [1.165, 1.54) is 12.1 Å². The Kier molecular flexibility index (Phi) is 4.61. The first kappa shape index (κ1) is 18.3. The van der Waals surface area contributed by atoms with Crippen LogP contribution >= 0.6 is 0 Å². The van der Waals surface area contributed by atoms with Gasteiger partial charge in [-0.25, -0.2) is 14.1 Å². The van der Waals surface area contributed by atoms with Crippen LogP contribution in [0.3, 0.4) is 0 Å². The van der Waals surface area contributed by atoms with Gasteiger partial charge in [0.25, 0.3) is 0 Å². The van der Waals surface area contributed by atoms with E-state index in [1.54, 1.807) is 6.07 Å². The molecule has 0 bridgehead atoms. The number of aliphatic hydroxyl groups is 1. The predicted molar refractivity (Wildman–Crippen MR) is 110 cm³/mol. The number of hydrogen-bond donors (Lipinski definition) is 1. The van der Waals surface area contributed by atoms with Crippen molar-refractivity contribution in [1.29, 1.82) is 0 Å². The number of benzene rings is 2. The van der Waals surface area contributed by atoms with Gasteiger partial charge in [-0.2, -0.15) is 0 Å². The van der Waals surface area contributed by atoms with Crippen LogP contribution in [0.1, 0.15) is 0 Å². The smallest absolute Gasteiger partial charge is 0.132 e. The van der Waals surface area contributed by atoms with E-state index in [2.05, 4.69) is 15.3 Å². The van der Waals surface area contributed by atoms with Crippen molar-refractivity contribution in [1.82, 2.24) is 24.5 Å². The minimum Gasteiger partial charge on any atom is -0.491 e. The van der Waals surface area contributed by atoms with Crippen LogP contribution in [0.2, 0.25) is 0 Å². The number of aliphatic hydroxyl groups excluding tert-OH is 1. The average molecular weight is 403 g/mol. The summed E-state index contributed by atoms with van der Waals surface area (Å²) < 4.78 is 23.6. The minimum atomic E-state index is -0.379. The molecule has 3 aromatic rings. The molecule has 8 heteroatoms. The summed E-state index contributed by atoms with van der Waals surface area (Å²) in [6.45, 7) is 0.542. The van der Waals surface area contributed by atoms with Crippen LogP contribution < -0.4 is 4.74 Å². The molecule has 0 saturated carbocycles. The number of hydrogen-bond acceptors (Lipinski definition) is 5. The number of nitrogens with zero attached hydrogens (tertiary/aromatic N) is 5. The molecule has 1 N–H and O–H groups in total. The zero-order valence-corrected chi connectivity index (χ0v) is 15.9. The van der Waals surface area contributed by atoms with Gasteiger partial charge in [-0.3, -0.25) is 0 Å². The van der Waals surface area contributed by atoms with E-state index >= 15 is 0 Å². The fourth-order valence-electron chi connectivity index (χ4n) is 3.43. The van der Waals surface area contributed by atoms with Crippen LogP contribution in [-0.4, -0.2) is 42.9 Å². The molecule has 7 nitrogen and oxygen atoms in total. The number of pyridine rings is 1. The lowest BCUT2D eigenvalue weighted by Crippen LogP contribution is -2.09. The molecule has 0 radical (unpaired) electrons. The molecule has 0 spiro atoms. The van der Waals surface area contributed by atoms with Crippen LogP contribution in [0, 0.1) is 5.82 Å². The highest BCUT2D eigenvalue weighted by Crippen LogP contribution is 2.32. The number of aromatic nitrogens is 5. The average Bonchev–Trinajstić information content (AvgIpc) is 3.37. The largest absolute Gasteiger partial charge is 0.491 e. The van der Waals surface area contributed by atoms with Crippen molar-refractivity contribution in [3.05, 3.63) is 72.8 Å². The predicted octanol–water partition coefficient (Wildman–Crippen LogP) is 3.42. The molecule has 0 saturated heterocycles. The van der Waals surface area contributed by atoms with Crippen molar-refractivity contribution in [2.75, 3.05) is 13.2 Å². The zero-order chi connectivity index (χ0) is 20.5. The molecule has 0 fully saturated rings. The first-order valence-corrected chi connectivity index (χ1v) is 9.49. The Morgan fingerprint density at radius 3 is 2.83 bits per heavy atom. The number of fused-ring (bicyclic) bond motifs is 2. The van der Waals surface area contributed by atoms with Crippen LogP contribution in [-0.2, 0) is 6.67 Å². The highest BCUT2D eigenvalue weighted by molar-refractivity contribution is 5.75. The van der Waals surface area contributed by atoms with Gasteiger partial charge >= 0.3 is 0 Å². The van der Waals surface area contributed by atoms with E-state index in [0.29, 0.717) is 23.7 Å². The summed E-state index contributed by atoms with van der Waals surface area (Å²) >= 11 is 0. The molecule has 0 aliphatic carbocycles. The molecule has 150 valence electrons. The van der Waals surface area contributed by atoms with Crippen LogP contribution in [0.15, 0.2) is 67.0 Å². The van der Waals surface area contributed by atoms with E-state index in [-0.39, 0.29) is 19.0 Å². The van der Waals surface area contributed by atoms with E-state index in [4.69, 9.17) is 9.84 Å². The summed E-state index contributed by atoms with van der Waals surface area (Å²) in [5.41, 5.74) is 4.34. The molecule has 2 aliphatic rings. The molecular formula is C22H18FN5O2. The Bertz CT molecular complexity index is 1300. The lowest BCUT2D eigenvalue weighted by Gasteiger charge is -2.08. The van der Waals surface area contributed by atoms with Gasteiger partial charge < -0.3 is 14.4 Å². The summed E-state index contributed by atoms with van der Waals surface area (Å²) in [4.78, 5) is 4.56. The topological polar surface area (TPSA) is 78.0 Å². The Balaban J connectivity index is 1.47. The van der Waals surface area contributed by atoms with Crippen molar-refractivity contribution in [3.8, 4) is 28.3 Å². The fraction of sp³-hybridized carbons (Fsp3) is 0.136. The highest BCUT2D eigenvalue weighted by Gasteiger charge is 2.15. The van der Waals surface area contributed by atoms with E-state index in [9.17, 15) is 4.39 Å². The lowest BCUT2D eigenvalue weighted by atomic mass is 10.1. The standard InChI is InChI=1S/C22H18FN5O2/c23-18-6-5-16(30-10-9-29)12-17(18)21-11-15-13-27(8-7-19(15)24-21)14-28-22-4-2-1-3-20(22)25-26-28/h1-8,11-13,29H,9-10,14H2. The van der Waals surface area contributed by atoms with Crippen LogP contribution in [0.5, 0.6) is 5.75 Å². The second-order valence-corrected chi connectivity index (χ2v) is 6.87. The maximum Gasteiger partial charge on any atom is 0.132 e. The van der Waals surface area contributed by atoms with Gasteiger partial charge in [0, 0.05) is 23.5 Å². The summed E-state index contributed by atoms with van der Waals surface area (Å²) in [7, 11) is 0.